The Morgan fingerprint density at radius 2 is 2.25 bits per heavy atom. The minimum Gasteiger partial charge on any atom is -0.398 e. The molecular weight excluding hydrogens is 300 g/mol. The maximum absolute atomic E-state index is 12.6. The van der Waals surface area contributed by atoms with E-state index in [1.54, 1.807) is 0 Å². The zero-order chi connectivity index (χ0) is 14.8. The highest BCUT2D eigenvalue weighted by molar-refractivity contribution is 7.89. The van der Waals surface area contributed by atoms with Crippen LogP contribution in [0.4, 0.5) is 5.69 Å². The largest absolute Gasteiger partial charge is 0.398 e. The van der Waals surface area contributed by atoms with E-state index in [1.165, 1.54) is 22.5 Å². The molecule has 1 atom stereocenters. The van der Waals surface area contributed by atoms with E-state index in [-0.39, 0.29) is 16.7 Å². The Morgan fingerprint density at radius 1 is 1.50 bits per heavy atom. The van der Waals surface area contributed by atoms with Crippen LogP contribution in [0, 0.1) is 0 Å². The predicted molar refractivity (Wildman–Crippen MR) is 79.3 cm³/mol. The molecule has 0 amide bonds. The fourth-order valence-electron chi connectivity index (χ4n) is 2.39. The van der Waals surface area contributed by atoms with Gasteiger partial charge in [0.1, 0.15) is 4.90 Å². The highest BCUT2D eigenvalue weighted by Crippen LogP contribution is 2.27. The van der Waals surface area contributed by atoms with Gasteiger partial charge in [-0.1, -0.05) is 11.6 Å². The predicted octanol–water partition coefficient (Wildman–Crippen LogP) is 2.11. The lowest BCUT2D eigenvalue weighted by molar-refractivity contribution is 0.0265. The van der Waals surface area contributed by atoms with E-state index in [0.29, 0.717) is 24.7 Å². The standard InChI is InChI=1S/C13H19ClN2O3S/c1-2-19-11-4-3-7-16(9-11)20(17,18)13-6-5-10(14)8-12(13)15/h5-6,8,11H,2-4,7,9,15H2,1H3. The molecule has 1 aliphatic heterocycles. The maximum atomic E-state index is 12.6. The number of nitrogens with two attached hydrogens (primary N) is 1. The van der Waals surface area contributed by atoms with E-state index < -0.39 is 10.0 Å². The highest BCUT2D eigenvalue weighted by Gasteiger charge is 2.31. The number of hydrogen-bond acceptors (Lipinski definition) is 4. The van der Waals surface area contributed by atoms with E-state index in [1.807, 2.05) is 6.92 Å². The second kappa shape index (κ2) is 6.30. The number of rotatable bonds is 4. The van der Waals surface area contributed by atoms with Crippen molar-refractivity contribution < 1.29 is 13.2 Å². The molecule has 112 valence electrons. The first-order valence-corrected chi connectivity index (χ1v) is 8.43. The van der Waals surface area contributed by atoms with Gasteiger partial charge in [0, 0.05) is 24.7 Å². The summed E-state index contributed by atoms with van der Waals surface area (Å²) in [4.78, 5) is 0.110. The fraction of sp³-hybridized carbons (Fsp3) is 0.538. The third kappa shape index (κ3) is 3.25. The summed E-state index contributed by atoms with van der Waals surface area (Å²) in [6.45, 7) is 3.36. The normalized spacial score (nSPS) is 21.0. The van der Waals surface area contributed by atoms with Gasteiger partial charge in [-0.3, -0.25) is 0 Å². The van der Waals surface area contributed by atoms with Crippen LogP contribution in [0.5, 0.6) is 0 Å². The number of ether oxygens (including phenoxy) is 1. The number of nitrogen functional groups attached to an aromatic ring is 1. The van der Waals surface area contributed by atoms with Crippen molar-refractivity contribution in [3.63, 3.8) is 0 Å². The zero-order valence-corrected chi connectivity index (χ0v) is 13.0. The summed E-state index contributed by atoms with van der Waals surface area (Å²) in [7, 11) is -3.59. The molecule has 5 nitrogen and oxygen atoms in total. The van der Waals surface area contributed by atoms with Crippen LogP contribution in [0.3, 0.4) is 0 Å². The molecule has 0 aromatic heterocycles. The molecule has 1 unspecified atom stereocenters. The summed E-state index contributed by atoms with van der Waals surface area (Å²) >= 11 is 5.81. The van der Waals surface area contributed by atoms with Crippen LogP contribution in [0.2, 0.25) is 5.02 Å². The lowest BCUT2D eigenvalue weighted by Gasteiger charge is -2.31. The average Bonchev–Trinajstić information content (AvgIpc) is 2.39. The van der Waals surface area contributed by atoms with Gasteiger partial charge in [0.25, 0.3) is 0 Å². The first-order valence-electron chi connectivity index (χ1n) is 6.62. The van der Waals surface area contributed by atoms with Crippen LogP contribution < -0.4 is 5.73 Å². The van der Waals surface area contributed by atoms with Gasteiger partial charge in [-0.15, -0.1) is 0 Å². The van der Waals surface area contributed by atoms with Crippen molar-refractivity contribution in [1.82, 2.24) is 4.31 Å². The fourth-order valence-corrected chi connectivity index (χ4v) is 4.18. The van der Waals surface area contributed by atoms with Gasteiger partial charge in [-0.25, -0.2) is 8.42 Å². The van der Waals surface area contributed by atoms with E-state index in [9.17, 15) is 8.42 Å². The minimum absolute atomic E-state index is 0.0444. The molecule has 2 rings (SSSR count). The quantitative estimate of drug-likeness (QED) is 0.863. The number of benzene rings is 1. The molecule has 0 radical (unpaired) electrons. The summed E-state index contributed by atoms with van der Waals surface area (Å²) < 4.78 is 32.2. The SMILES string of the molecule is CCOC1CCCN(S(=O)(=O)c2ccc(Cl)cc2N)C1. The first-order chi connectivity index (χ1) is 9.45. The van der Waals surface area contributed by atoms with Crippen LogP contribution in [-0.4, -0.2) is 38.5 Å². The highest BCUT2D eigenvalue weighted by atomic mass is 35.5. The van der Waals surface area contributed by atoms with Gasteiger partial charge in [0.15, 0.2) is 0 Å². The number of halogens is 1. The Kier molecular flexibility index (Phi) is 4.90. The Hall–Kier alpha value is -0.820. The summed E-state index contributed by atoms with van der Waals surface area (Å²) in [5.41, 5.74) is 5.96. The van der Waals surface area contributed by atoms with Crippen molar-refractivity contribution in [2.24, 2.45) is 0 Å². The van der Waals surface area contributed by atoms with Crippen molar-refractivity contribution in [2.45, 2.75) is 30.8 Å². The molecular formula is C13H19ClN2O3S. The smallest absolute Gasteiger partial charge is 0.245 e. The number of sulfonamides is 1. The molecule has 0 saturated carbocycles. The molecule has 1 fully saturated rings. The summed E-state index contributed by atoms with van der Waals surface area (Å²) in [6, 6.07) is 4.45. The monoisotopic (exact) mass is 318 g/mol. The lowest BCUT2D eigenvalue weighted by atomic mass is 10.1. The van der Waals surface area contributed by atoms with Gasteiger partial charge >= 0.3 is 0 Å². The van der Waals surface area contributed by atoms with Crippen LogP contribution in [0.1, 0.15) is 19.8 Å². The molecule has 1 aromatic rings. The van der Waals surface area contributed by atoms with E-state index in [4.69, 9.17) is 22.1 Å². The van der Waals surface area contributed by atoms with E-state index in [0.717, 1.165) is 12.8 Å². The molecule has 2 N–H and O–H groups in total. The zero-order valence-electron chi connectivity index (χ0n) is 11.4. The number of piperidine rings is 1. The van der Waals surface area contributed by atoms with Gasteiger partial charge in [-0.2, -0.15) is 4.31 Å². The molecule has 1 aliphatic rings. The molecule has 20 heavy (non-hydrogen) atoms. The van der Waals surface area contributed by atoms with Gasteiger partial charge in [0.2, 0.25) is 10.0 Å². The van der Waals surface area contributed by atoms with Crippen molar-refractivity contribution >= 4 is 27.3 Å². The maximum Gasteiger partial charge on any atom is 0.245 e. The third-order valence-electron chi connectivity index (χ3n) is 3.33. The second-order valence-corrected chi connectivity index (χ2v) is 7.11. The average molecular weight is 319 g/mol. The summed E-state index contributed by atoms with van der Waals surface area (Å²) in [6.07, 6.45) is 1.63. The molecule has 1 saturated heterocycles. The van der Waals surface area contributed by atoms with Gasteiger partial charge < -0.3 is 10.5 Å². The van der Waals surface area contributed by atoms with E-state index >= 15 is 0 Å². The topological polar surface area (TPSA) is 72.6 Å². The molecule has 1 aromatic carbocycles. The Bertz CT molecular complexity index is 575. The molecule has 7 heteroatoms. The molecule has 0 spiro atoms. The van der Waals surface area contributed by atoms with Crippen molar-refractivity contribution in [2.75, 3.05) is 25.4 Å². The van der Waals surface area contributed by atoms with Gasteiger partial charge in [-0.05, 0) is 38.0 Å². The molecule has 0 bridgehead atoms. The Morgan fingerprint density at radius 3 is 2.90 bits per heavy atom. The van der Waals surface area contributed by atoms with Crippen LogP contribution in [0.25, 0.3) is 0 Å². The van der Waals surface area contributed by atoms with E-state index in [2.05, 4.69) is 0 Å². The van der Waals surface area contributed by atoms with Crippen LogP contribution in [0.15, 0.2) is 23.1 Å². The number of hydrogen-bond donors (Lipinski definition) is 1. The third-order valence-corrected chi connectivity index (χ3v) is 5.51. The van der Waals surface area contributed by atoms with Crippen LogP contribution in [-0.2, 0) is 14.8 Å². The molecule has 1 heterocycles. The van der Waals surface area contributed by atoms with Gasteiger partial charge in [0.05, 0.1) is 11.8 Å². The second-order valence-electron chi connectivity index (χ2n) is 4.76. The first kappa shape index (κ1) is 15.6. The Labute approximate surface area is 124 Å². The lowest BCUT2D eigenvalue weighted by Crippen LogP contribution is -2.43. The van der Waals surface area contributed by atoms with Crippen molar-refractivity contribution in [3.05, 3.63) is 23.2 Å². The van der Waals surface area contributed by atoms with Crippen LogP contribution >= 0.6 is 11.6 Å². The van der Waals surface area contributed by atoms with Crippen molar-refractivity contribution in [3.8, 4) is 0 Å². The summed E-state index contributed by atoms with van der Waals surface area (Å²) in [5.74, 6) is 0. The minimum atomic E-state index is -3.59. The summed E-state index contributed by atoms with van der Waals surface area (Å²) in [5, 5.41) is 0.423. The number of nitrogens with zero attached hydrogens (tertiary/aromatic N) is 1. The Balaban J connectivity index is 2.25. The number of anilines is 1. The van der Waals surface area contributed by atoms with Crippen molar-refractivity contribution in [1.29, 1.82) is 0 Å². The molecule has 0 aliphatic carbocycles.